The van der Waals surface area contributed by atoms with Crippen molar-refractivity contribution in [1.29, 1.82) is 0 Å². The average Bonchev–Trinajstić information content (AvgIpc) is 3.57. The van der Waals surface area contributed by atoms with E-state index in [1.54, 1.807) is 0 Å². The summed E-state index contributed by atoms with van der Waals surface area (Å²) in [5, 5.41) is 1.13. The van der Waals surface area contributed by atoms with Crippen molar-refractivity contribution in [3.05, 3.63) is 71.7 Å². The van der Waals surface area contributed by atoms with Crippen LogP contribution in [0.3, 0.4) is 0 Å². The highest BCUT2D eigenvalue weighted by molar-refractivity contribution is 5.95. The first kappa shape index (κ1) is 22.4. The normalized spacial score (nSPS) is 16.5. The summed E-state index contributed by atoms with van der Waals surface area (Å²) in [5.41, 5.74) is 6.81. The first-order valence-electron chi connectivity index (χ1n) is 13.2. The molecule has 1 saturated heterocycles. The van der Waals surface area contributed by atoms with Crippen LogP contribution in [-0.2, 0) is 30.8 Å². The van der Waals surface area contributed by atoms with Gasteiger partial charge in [0.05, 0.1) is 19.8 Å². The summed E-state index contributed by atoms with van der Waals surface area (Å²) in [6.07, 6.45) is 3.05. The number of aromatic nitrogens is 5. The molecule has 0 amide bonds. The molecule has 2 aromatic carbocycles. The summed E-state index contributed by atoms with van der Waals surface area (Å²) in [4.78, 5) is 23.6. The van der Waals surface area contributed by atoms with Crippen LogP contribution in [0.4, 0.5) is 5.82 Å². The SMILES string of the molecule is CCn1c(CN2CCc3ccccc3C2)nc2c(N3CCOCC3)nc(-c3cccc4[nH]ccc34)nc21. The molecule has 8 nitrogen and oxygen atoms in total. The van der Waals surface area contributed by atoms with E-state index in [0.29, 0.717) is 13.2 Å². The van der Waals surface area contributed by atoms with Gasteiger partial charge in [-0.1, -0.05) is 36.4 Å². The molecule has 0 radical (unpaired) electrons. The number of nitrogens with one attached hydrogen (secondary N) is 1. The number of H-pyrrole nitrogens is 1. The number of rotatable bonds is 5. The Kier molecular flexibility index (Phi) is 5.63. The monoisotopic (exact) mass is 493 g/mol. The van der Waals surface area contributed by atoms with Crippen molar-refractivity contribution in [3.63, 3.8) is 0 Å². The highest BCUT2D eigenvalue weighted by Gasteiger charge is 2.25. The van der Waals surface area contributed by atoms with Gasteiger partial charge in [-0.05, 0) is 36.6 Å². The van der Waals surface area contributed by atoms with Crippen molar-refractivity contribution in [2.24, 2.45) is 0 Å². The van der Waals surface area contributed by atoms with E-state index in [2.05, 4.69) is 74.8 Å². The van der Waals surface area contributed by atoms with Crippen LogP contribution in [0.25, 0.3) is 33.5 Å². The highest BCUT2D eigenvalue weighted by atomic mass is 16.5. The fourth-order valence-corrected chi connectivity index (χ4v) is 5.77. The van der Waals surface area contributed by atoms with Gasteiger partial charge in [0.15, 0.2) is 22.8 Å². The molecule has 37 heavy (non-hydrogen) atoms. The molecule has 0 spiro atoms. The van der Waals surface area contributed by atoms with Crippen LogP contribution in [0.2, 0.25) is 0 Å². The number of ether oxygens (including phenoxy) is 1. The van der Waals surface area contributed by atoms with E-state index in [0.717, 1.165) is 90.8 Å². The molecular formula is C29H31N7O. The summed E-state index contributed by atoms with van der Waals surface area (Å²) in [7, 11) is 0. The predicted molar refractivity (Wildman–Crippen MR) is 146 cm³/mol. The lowest BCUT2D eigenvalue weighted by Crippen LogP contribution is -2.37. The fraction of sp³-hybridized carbons (Fsp3) is 0.345. The minimum atomic E-state index is 0.697. The van der Waals surface area contributed by atoms with E-state index in [4.69, 9.17) is 19.7 Å². The lowest BCUT2D eigenvalue weighted by atomic mass is 10.00. The van der Waals surface area contributed by atoms with Gasteiger partial charge < -0.3 is 19.2 Å². The van der Waals surface area contributed by atoms with E-state index >= 15 is 0 Å². The molecule has 2 aliphatic heterocycles. The van der Waals surface area contributed by atoms with E-state index in [1.807, 2.05) is 6.20 Å². The van der Waals surface area contributed by atoms with Gasteiger partial charge in [0.25, 0.3) is 0 Å². The number of hydrogen-bond donors (Lipinski definition) is 1. The van der Waals surface area contributed by atoms with Gasteiger partial charge in [0, 0.05) is 55.4 Å². The Balaban J connectivity index is 1.34. The van der Waals surface area contributed by atoms with E-state index in [1.165, 1.54) is 11.1 Å². The second-order valence-electron chi connectivity index (χ2n) is 9.89. The maximum Gasteiger partial charge on any atom is 0.166 e. The van der Waals surface area contributed by atoms with Crippen molar-refractivity contribution in [2.75, 3.05) is 37.7 Å². The minimum absolute atomic E-state index is 0.697. The Bertz CT molecular complexity index is 1580. The first-order chi connectivity index (χ1) is 18.3. The largest absolute Gasteiger partial charge is 0.378 e. The summed E-state index contributed by atoms with van der Waals surface area (Å²) in [6, 6.07) is 17.1. The summed E-state index contributed by atoms with van der Waals surface area (Å²) in [5.74, 6) is 2.71. The lowest BCUT2D eigenvalue weighted by Gasteiger charge is -2.28. The molecule has 1 fully saturated rings. The Morgan fingerprint density at radius 3 is 2.65 bits per heavy atom. The maximum absolute atomic E-state index is 5.65. The molecule has 3 aromatic heterocycles. The molecule has 0 aliphatic carbocycles. The van der Waals surface area contributed by atoms with Gasteiger partial charge in [-0.25, -0.2) is 15.0 Å². The molecule has 0 unspecified atom stereocenters. The quantitative estimate of drug-likeness (QED) is 0.391. The summed E-state index contributed by atoms with van der Waals surface area (Å²) < 4.78 is 7.93. The highest BCUT2D eigenvalue weighted by Crippen LogP contribution is 2.32. The molecule has 8 heteroatoms. The van der Waals surface area contributed by atoms with Crippen molar-refractivity contribution in [2.45, 2.75) is 33.0 Å². The van der Waals surface area contributed by atoms with Gasteiger partial charge in [0.2, 0.25) is 0 Å². The summed E-state index contributed by atoms with van der Waals surface area (Å²) >= 11 is 0. The number of morpholine rings is 1. The lowest BCUT2D eigenvalue weighted by molar-refractivity contribution is 0.122. The number of imidazole rings is 1. The van der Waals surface area contributed by atoms with Gasteiger partial charge in [-0.2, -0.15) is 0 Å². The first-order valence-corrected chi connectivity index (χ1v) is 13.2. The molecule has 5 heterocycles. The van der Waals surface area contributed by atoms with Gasteiger partial charge in [0.1, 0.15) is 5.82 Å². The number of hydrogen-bond acceptors (Lipinski definition) is 6. The number of aryl methyl sites for hydroxylation is 1. The molecule has 188 valence electrons. The molecule has 1 N–H and O–H groups in total. The molecule has 2 aliphatic rings. The Hall–Kier alpha value is -3.75. The second kappa shape index (κ2) is 9.28. The second-order valence-corrected chi connectivity index (χ2v) is 9.89. The van der Waals surface area contributed by atoms with Gasteiger partial charge in [-0.3, -0.25) is 4.90 Å². The average molecular weight is 494 g/mol. The fourth-order valence-electron chi connectivity index (χ4n) is 5.77. The van der Waals surface area contributed by atoms with Crippen LogP contribution in [-0.4, -0.2) is 62.3 Å². The maximum atomic E-state index is 5.65. The van der Waals surface area contributed by atoms with Crippen LogP contribution in [0.1, 0.15) is 23.9 Å². The number of aromatic amines is 1. The molecule has 0 saturated carbocycles. The van der Waals surface area contributed by atoms with Crippen LogP contribution < -0.4 is 4.90 Å². The van der Waals surface area contributed by atoms with Gasteiger partial charge >= 0.3 is 0 Å². The van der Waals surface area contributed by atoms with Crippen LogP contribution in [0, 0.1) is 0 Å². The Labute approximate surface area is 215 Å². The van der Waals surface area contributed by atoms with Crippen molar-refractivity contribution in [1.82, 2.24) is 29.4 Å². The van der Waals surface area contributed by atoms with E-state index in [-0.39, 0.29) is 0 Å². The number of benzene rings is 2. The molecule has 7 rings (SSSR count). The smallest absolute Gasteiger partial charge is 0.166 e. The zero-order valence-corrected chi connectivity index (χ0v) is 21.2. The zero-order valence-electron chi connectivity index (χ0n) is 21.2. The third-order valence-corrected chi connectivity index (χ3v) is 7.69. The van der Waals surface area contributed by atoms with Crippen molar-refractivity contribution < 1.29 is 4.74 Å². The number of anilines is 1. The predicted octanol–water partition coefficient (Wildman–Crippen LogP) is 4.39. The van der Waals surface area contributed by atoms with Crippen LogP contribution >= 0.6 is 0 Å². The third kappa shape index (κ3) is 3.97. The third-order valence-electron chi connectivity index (χ3n) is 7.69. The number of nitrogens with zero attached hydrogens (tertiary/aromatic N) is 6. The van der Waals surface area contributed by atoms with Gasteiger partial charge in [-0.15, -0.1) is 0 Å². The molecular weight excluding hydrogens is 462 g/mol. The Morgan fingerprint density at radius 1 is 0.919 bits per heavy atom. The minimum Gasteiger partial charge on any atom is -0.378 e. The van der Waals surface area contributed by atoms with Crippen LogP contribution in [0.15, 0.2) is 54.7 Å². The Morgan fingerprint density at radius 2 is 1.78 bits per heavy atom. The number of fused-ring (bicyclic) bond motifs is 3. The molecule has 5 aromatic rings. The van der Waals surface area contributed by atoms with Crippen molar-refractivity contribution in [3.8, 4) is 11.4 Å². The topological polar surface area (TPSA) is 75.1 Å². The molecule has 0 atom stereocenters. The van der Waals surface area contributed by atoms with Crippen LogP contribution in [0.5, 0.6) is 0 Å². The standard InChI is InChI=1S/C29H31N7O/c1-2-36-25(19-34-13-11-20-6-3-4-7-21(20)18-34)31-26-28(35-14-16-37-17-15-35)32-27(33-29(26)36)23-8-5-9-24-22(23)10-12-30-24/h3-10,12,30H,2,11,13-19H2,1H3. The summed E-state index contributed by atoms with van der Waals surface area (Å²) in [6.45, 7) is 8.77. The molecule has 0 bridgehead atoms. The van der Waals surface area contributed by atoms with E-state index in [9.17, 15) is 0 Å². The zero-order chi connectivity index (χ0) is 24.8. The van der Waals surface area contributed by atoms with E-state index < -0.39 is 0 Å². The van der Waals surface area contributed by atoms with Crippen molar-refractivity contribution >= 4 is 27.9 Å².